The molecule has 11 nitrogen and oxygen atoms in total. The van der Waals surface area contributed by atoms with Gasteiger partial charge in [0, 0.05) is 62.2 Å². The molecule has 1 aromatic heterocycles. The maximum absolute atomic E-state index is 10.6. The van der Waals surface area contributed by atoms with E-state index in [4.69, 9.17) is 15.5 Å². The molecule has 0 aliphatic carbocycles. The monoisotopic (exact) mass is 512 g/mol. The third-order valence-corrected chi connectivity index (χ3v) is 7.14. The lowest BCUT2D eigenvalue weighted by Gasteiger charge is -2.37. The Bertz CT molecular complexity index is 1060. The predicted octanol–water partition coefficient (Wildman–Crippen LogP) is 1.72. The Labute approximate surface area is 219 Å². The van der Waals surface area contributed by atoms with Crippen molar-refractivity contribution in [2.45, 2.75) is 58.4 Å². The molecule has 0 bridgehead atoms. The molecule has 2 aliphatic rings. The number of pyridine rings is 1. The van der Waals surface area contributed by atoms with Crippen molar-refractivity contribution in [2.75, 3.05) is 37.1 Å². The van der Waals surface area contributed by atoms with Crippen LogP contribution in [0.3, 0.4) is 0 Å². The maximum Gasteiger partial charge on any atom is 0.293 e. The van der Waals surface area contributed by atoms with Gasteiger partial charge in [-0.25, -0.2) is 9.98 Å². The number of nitrogens with two attached hydrogens (primary N) is 1. The Morgan fingerprint density at radius 2 is 2.27 bits per heavy atom. The summed E-state index contributed by atoms with van der Waals surface area (Å²) in [6, 6.07) is 6.02. The molecule has 37 heavy (non-hydrogen) atoms. The van der Waals surface area contributed by atoms with Gasteiger partial charge < -0.3 is 36.0 Å². The van der Waals surface area contributed by atoms with Crippen LogP contribution in [0.25, 0.3) is 0 Å². The van der Waals surface area contributed by atoms with Crippen molar-refractivity contribution in [2.24, 2.45) is 21.1 Å². The van der Waals surface area contributed by atoms with Crippen molar-refractivity contribution in [3.63, 3.8) is 0 Å². The minimum Gasteiger partial charge on any atom is -0.468 e. The molecule has 0 fully saturated rings. The van der Waals surface area contributed by atoms with Crippen molar-refractivity contribution in [3.8, 4) is 0 Å². The molecular formula is C26H40N8O3. The number of carbonyl (C=O) groups is 1. The minimum atomic E-state index is -0.534. The number of aliphatic hydroxyl groups is 1. The second kappa shape index (κ2) is 12.6. The van der Waals surface area contributed by atoms with Crippen LogP contribution in [0.15, 0.2) is 51.5 Å². The normalized spacial score (nSPS) is 24.2. The smallest absolute Gasteiger partial charge is 0.293 e. The molecule has 3 heterocycles. The van der Waals surface area contributed by atoms with Gasteiger partial charge in [0.25, 0.3) is 6.47 Å². The van der Waals surface area contributed by atoms with E-state index < -0.39 is 11.7 Å². The number of nitrogens with one attached hydrogen (secondary N) is 2. The van der Waals surface area contributed by atoms with Crippen molar-refractivity contribution >= 4 is 30.5 Å². The van der Waals surface area contributed by atoms with Gasteiger partial charge in [-0.2, -0.15) is 0 Å². The van der Waals surface area contributed by atoms with Gasteiger partial charge in [-0.3, -0.25) is 9.79 Å². The van der Waals surface area contributed by atoms with E-state index in [-0.39, 0.29) is 18.7 Å². The van der Waals surface area contributed by atoms with Crippen LogP contribution in [0.1, 0.15) is 40.0 Å². The average molecular weight is 513 g/mol. The maximum atomic E-state index is 10.6. The summed E-state index contributed by atoms with van der Waals surface area (Å²) in [4.78, 5) is 28.5. The molecule has 11 heteroatoms. The fourth-order valence-corrected chi connectivity index (χ4v) is 4.83. The highest BCUT2D eigenvalue weighted by atomic mass is 16.5. The van der Waals surface area contributed by atoms with E-state index in [9.17, 15) is 9.90 Å². The van der Waals surface area contributed by atoms with Crippen LogP contribution < -0.4 is 26.2 Å². The zero-order chi connectivity index (χ0) is 27.0. The van der Waals surface area contributed by atoms with Gasteiger partial charge in [-0.1, -0.05) is 26.3 Å². The van der Waals surface area contributed by atoms with Crippen molar-refractivity contribution in [1.29, 1.82) is 0 Å². The van der Waals surface area contributed by atoms with E-state index in [0.29, 0.717) is 25.2 Å². The molecule has 0 saturated heterocycles. The standard InChI is InChI=1S/C26H40N8O3/c1-6-8-21-26(3,16-35)20-15-29-25(30-19(13-27)14-28-4)32-24(20)34(21)23-10-7-9-22(31-23)33(5)18(2)11-12-37-17-36/h7,9-10,13-15,17-18,21,25,30,32,35H,6,8,11-12,16,27H2,1-5H3/b19-13+,28-14?/t18-,21+,25?,26+/m0/s1. The van der Waals surface area contributed by atoms with E-state index in [1.165, 1.54) is 6.20 Å². The molecule has 2 aliphatic heterocycles. The Balaban J connectivity index is 1.97. The summed E-state index contributed by atoms with van der Waals surface area (Å²) in [5.74, 6) is 2.43. The first-order valence-corrected chi connectivity index (χ1v) is 12.6. The highest BCUT2D eigenvalue weighted by molar-refractivity contribution is 5.87. The second-order valence-corrected chi connectivity index (χ2v) is 9.56. The summed E-state index contributed by atoms with van der Waals surface area (Å²) in [6.07, 6.45) is 6.93. The van der Waals surface area contributed by atoms with E-state index in [2.05, 4.69) is 51.2 Å². The molecule has 4 atom stereocenters. The van der Waals surface area contributed by atoms with E-state index in [0.717, 1.165) is 35.9 Å². The number of anilines is 2. The summed E-state index contributed by atoms with van der Waals surface area (Å²) in [7, 11) is 3.66. The lowest BCUT2D eigenvalue weighted by Crippen LogP contribution is -2.47. The molecule has 5 N–H and O–H groups in total. The number of hydrogen-bond acceptors (Lipinski definition) is 11. The number of allylic oxidation sites excluding steroid dienone is 1. The highest BCUT2D eigenvalue weighted by Crippen LogP contribution is 2.47. The first-order chi connectivity index (χ1) is 17.8. The first-order valence-electron chi connectivity index (χ1n) is 12.6. The van der Waals surface area contributed by atoms with Gasteiger partial charge in [-0.05, 0) is 25.5 Å². The summed E-state index contributed by atoms with van der Waals surface area (Å²) in [5, 5.41) is 17.3. The van der Waals surface area contributed by atoms with Gasteiger partial charge in [0.1, 0.15) is 17.5 Å². The van der Waals surface area contributed by atoms with Crippen LogP contribution in [-0.4, -0.2) is 74.7 Å². The topological polar surface area (TPSA) is 141 Å². The summed E-state index contributed by atoms with van der Waals surface area (Å²) < 4.78 is 4.88. The number of nitrogens with zero attached hydrogens (tertiary/aromatic N) is 5. The highest BCUT2D eigenvalue weighted by Gasteiger charge is 2.50. The van der Waals surface area contributed by atoms with E-state index >= 15 is 0 Å². The number of rotatable bonds is 13. The second-order valence-electron chi connectivity index (χ2n) is 9.56. The third-order valence-electron chi connectivity index (χ3n) is 7.14. The number of hydrogen-bond donors (Lipinski definition) is 4. The molecule has 0 amide bonds. The number of aliphatic imine (C=N–C) groups is 2. The van der Waals surface area contributed by atoms with Gasteiger partial charge in [0.05, 0.1) is 18.9 Å². The van der Waals surface area contributed by atoms with Gasteiger partial charge >= 0.3 is 0 Å². The van der Waals surface area contributed by atoms with Crippen LogP contribution in [0.5, 0.6) is 0 Å². The number of aliphatic hydroxyl groups excluding tert-OH is 1. The average Bonchev–Trinajstić information content (AvgIpc) is 3.16. The number of carbonyl (C=O) groups excluding carboxylic acids is 1. The Morgan fingerprint density at radius 1 is 1.49 bits per heavy atom. The molecule has 3 rings (SSSR count). The zero-order valence-corrected chi connectivity index (χ0v) is 22.4. The molecule has 0 saturated carbocycles. The lowest BCUT2D eigenvalue weighted by molar-refractivity contribution is -0.128. The van der Waals surface area contributed by atoms with Crippen LogP contribution >= 0.6 is 0 Å². The van der Waals surface area contributed by atoms with Crippen molar-refractivity contribution in [1.82, 2.24) is 15.6 Å². The predicted molar refractivity (Wildman–Crippen MR) is 147 cm³/mol. The Morgan fingerprint density at radius 3 is 2.92 bits per heavy atom. The first kappa shape index (κ1) is 28.0. The number of ether oxygens (including phenoxy) is 1. The van der Waals surface area contributed by atoms with Gasteiger partial charge in [-0.15, -0.1) is 0 Å². The fourth-order valence-electron chi connectivity index (χ4n) is 4.83. The van der Waals surface area contributed by atoms with Crippen molar-refractivity contribution < 1.29 is 14.6 Å². The van der Waals surface area contributed by atoms with Crippen LogP contribution in [0.4, 0.5) is 11.6 Å². The van der Waals surface area contributed by atoms with Crippen molar-refractivity contribution in [3.05, 3.63) is 41.5 Å². The third kappa shape index (κ3) is 5.87. The molecule has 0 aromatic carbocycles. The summed E-state index contributed by atoms with van der Waals surface area (Å²) in [6.45, 7) is 7.08. The molecule has 0 spiro atoms. The van der Waals surface area contributed by atoms with Crippen LogP contribution in [0.2, 0.25) is 0 Å². The SMILES string of the molecule is CCC[C@H]1N(c2cccc(N(C)[C@@H](C)CCOC=O)n2)C2=C(C=NC(N/C(C=NC)=C/N)N2)[C@@]1(C)CO. The molecule has 1 unspecified atom stereocenters. The van der Waals surface area contributed by atoms with E-state index in [1.807, 2.05) is 31.5 Å². The van der Waals surface area contributed by atoms with Gasteiger partial charge in [0.2, 0.25) is 0 Å². The largest absolute Gasteiger partial charge is 0.468 e. The van der Waals surface area contributed by atoms with Crippen LogP contribution in [0, 0.1) is 5.41 Å². The van der Waals surface area contributed by atoms with Crippen LogP contribution in [-0.2, 0) is 9.53 Å². The summed E-state index contributed by atoms with van der Waals surface area (Å²) in [5.41, 5.74) is 6.78. The van der Waals surface area contributed by atoms with Gasteiger partial charge in [0.15, 0.2) is 6.29 Å². The zero-order valence-electron chi connectivity index (χ0n) is 22.4. The molecule has 202 valence electrons. The Hall–Kier alpha value is -3.60. The van der Waals surface area contributed by atoms with E-state index in [1.54, 1.807) is 13.3 Å². The molecule has 1 aromatic rings. The Kier molecular flexibility index (Phi) is 9.51. The molecule has 0 radical (unpaired) electrons. The number of aromatic nitrogens is 1. The molecular weight excluding hydrogens is 472 g/mol. The lowest BCUT2D eigenvalue weighted by atomic mass is 9.77. The fraction of sp³-hybridized carbons (Fsp3) is 0.538. The quantitative estimate of drug-likeness (QED) is 0.177. The minimum absolute atomic E-state index is 0.0252. The summed E-state index contributed by atoms with van der Waals surface area (Å²) >= 11 is 0.